The lowest BCUT2D eigenvalue weighted by Gasteiger charge is -2.27. The Morgan fingerprint density at radius 3 is 2.63 bits per heavy atom. The molecule has 4 N–H and O–H groups in total. The monoisotopic (exact) mass is 382 g/mol. The van der Waals surface area contributed by atoms with Gasteiger partial charge in [-0.15, -0.1) is 0 Å². The third-order valence-corrected chi connectivity index (χ3v) is 6.34. The molecule has 2 fully saturated rings. The van der Waals surface area contributed by atoms with Crippen LogP contribution < -0.4 is 16.4 Å². The van der Waals surface area contributed by atoms with E-state index >= 15 is 0 Å². The molecule has 27 heavy (non-hydrogen) atoms. The molecule has 140 valence electrons. The Labute approximate surface area is 164 Å². The maximum Gasteiger partial charge on any atom is 0.224 e. The van der Waals surface area contributed by atoms with Gasteiger partial charge in [-0.3, -0.25) is 0 Å². The quantitative estimate of drug-likeness (QED) is 0.704. The van der Waals surface area contributed by atoms with Crippen molar-refractivity contribution in [2.24, 2.45) is 11.1 Å². The number of nitrogens with zero attached hydrogens (tertiary/aromatic N) is 3. The summed E-state index contributed by atoms with van der Waals surface area (Å²) < 4.78 is 0. The number of nitrogens with two attached hydrogens (primary N) is 1. The Kier molecular flexibility index (Phi) is 4.67. The lowest BCUT2D eigenvalue weighted by molar-refractivity contribution is 0.313. The summed E-state index contributed by atoms with van der Waals surface area (Å²) in [6.45, 7) is 1.31. The van der Waals surface area contributed by atoms with Crippen LogP contribution in [0.15, 0.2) is 30.5 Å². The molecule has 7 heteroatoms. The number of halogens is 1. The van der Waals surface area contributed by atoms with Gasteiger partial charge in [-0.25, -0.2) is 4.98 Å². The summed E-state index contributed by atoms with van der Waals surface area (Å²) in [5, 5.41) is 16.7. The third-order valence-electron chi connectivity index (χ3n) is 5.97. The van der Waals surface area contributed by atoms with Crippen LogP contribution in [-0.2, 0) is 6.54 Å². The summed E-state index contributed by atoms with van der Waals surface area (Å²) in [5.41, 5.74) is 8.09. The van der Waals surface area contributed by atoms with E-state index in [4.69, 9.17) is 17.3 Å². The molecular weight excluding hydrogens is 360 g/mol. The highest BCUT2D eigenvalue weighted by Crippen LogP contribution is 2.55. The van der Waals surface area contributed by atoms with Gasteiger partial charge < -0.3 is 16.4 Å². The van der Waals surface area contributed by atoms with E-state index in [9.17, 15) is 5.26 Å². The molecule has 1 heterocycles. The average Bonchev–Trinajstić information content (AvgIpc) is 3.20. The maximum absolute atomic E-state index is 9.39. The van der Waals surface area contributed by atoms with Crippen molar-refractivity contribution < 1.29 is 0 Å². The lowest BCUT2D eigenvalue weighted by Crippen LogP contribution is -2.33. The number of nitrogens with one attached hydrogen (secondary N) is 2. The van der Waals surface area contributed by atoms with Gasteiger partial charge in [-0.05, 0) is 49.1 Å². The smallest absolute Gasteiger partial charge is 0.224 e. The zero-order valence-corrected chi connectivity index (χ0v) is 15.9. The molecule has 2 aliphatic rings. The van der Waals surface area contributed by atoms with Gasteiger partial charge in [0.2, 0.25) is 5.95 Å². The first kappa shape index (κ1) is 18.0. The Bertz CT molecular complexity index is 882. The molecule has 0 aliphatic heterocycles. The highest BCUT2D eigenvalue weighted by molar-refractivity contribution is 6.31. The highest BCUT2D eigenvalue weighted by atomic mass is 35.5. The van der Waals surface area contributed by atoms with Crippen molar-refractivity contribution in [1.82, 2.24) is 9.97 Å². The van der Waals surface area contributed by atoms with E-state index in [2.05, 4.69) is 26.7 Å². The van der Waals surface area contributed by atoms with Gasteiger partial charge in [0.15, 0.2) is 0 Å². The minimum absolute atomic E-state index is 0.0209. The van der Waals surface area contributed by atoms with Gasteiger partial charge in [0.05, 0.1) is 6.20 Å². The van der Waals surface area contributed by atoms with Gasteiger partial charge >= 0.3 is 0 Å². The molecule has 4 rings (SSSR count). The number of fused-ring (bicyclic) bond motifs is 2. The second-order valence-electron chi connectivity index (χ2n) is 7.91. The zero-order valence-electron chi connectivity index (χ0n) is 15.1. The standard InChI is InChI=1S/C20H23ClN6/c21-16-4-2-1-3-14(16)10-24-18-25-11-15(9-22)17(27-18)26-13-19-5-7-20(23,12-19)8-6-19/h1-4,11H,5-8,10,12-13,23H2,(H2,24,25,26,27). The molecule has 0 spiro atoms. The Hall–Kier alpha value is -2.36. The maximum atomic E-state index is 9.39. The summed E-state index contributed by atoms with van der Waals surface area (Å²) in [6.07, 6.45) is 7.07. The van der Waals surface area contributed by atoms with Crippen molar-refractivity contribution in [2.75, 3.05) is 17.2 Å². The van der Waals surface area contributed by atoms with Gasteiger partial charge in [0.1, 0.15) is 17.5 Å². The number of hydrogen-bond donors (Lipinski definition) is 3. The number of rotatable bonds is 6. The van der Waals surface area contributed by atoms with Crippen LogP contribution >= 0.6 is 11.6 Å². The van der Waals surface area contributed by atoms with Crippen molar-refractivity contribution in [2.45, 2.75) is 44.2 Å². The first-order valence-corrected chi connectivity index (χ1v) is 9.66. The second-order valence-corrected chi connectivity index (χ2v) is 8.31. The molecule has 0 amide bonds. The molecule has 1 aromatic heterocycles. The summed E-state index contributed by atoms with van der Waals surface area (Å²) in [5.74, 6) is 1.05. The second kappa shape index (κ2) is 6.99. The van der Waals surface area contributed by atoms with Crippen LogP contribution in [0, 0.1) is 16.7 Å². The summed E-state index contributed by atoms with van der Waals surface area (Å²) >= 11 is 6.19. The Balaban J connectivity index is 1.45. The van der Waals surface area contributed by atoms with E-state index < -0.39 is 0 Å². The van der Waals surface area contributed by atoms with Crippen molar-refractivity contribution in [3.05, 3.63) is 46.6 Å². The van der Waals surface area contributed by atoms with Crippen LogP contribution in [0.3, 0.4) is 0 Å². The molecule has 1 aromatic carbocycles. The largest absolute Gasteiger partial charge is 0.368 e. The fourth-order valence-corrected chi connectivity index (χ4v) is 4.59. The number of hydrogen-bond acceptors (Lipinski definition) is 6. The molecule has 0 atom stereocenters. The Morgan fingerprint density at radius 1 is 1.19 bits per heavy atom. The summed E-state index contributed by atoms with van der Waals surface area (Å²) in [4.78, 5) is 8.76. The van der Waals surface area contributed by atoms with Crippen molar-refractivity contribution in [3.63, 3.8) is 0 Å². The number of anilines is 2. The van der Waals surface area contributed by atoms with Crippen LogP contribution in [0.2, 0.25) is 5.02 Å². The van der Waals surface area contributed by atoms with Gasteiger partial charge in [0, 0.05) is 23.7 Å². The zero-order chi connectivity index (χ0) is 18.9. The average molecular weight is 383 g/mol. The van der Waals surface area contributed by atoms with E-state index in [0.717, 1.165) is 44.2 Å². The van der Waals surface area contributed by atoms with E-state index in [0.29, 0.717) is 28.9 Å². The summed E-state index contributed by atoms with van der Waals surface area (Å²) in [6, 6.07) is 9.81. The summed E-state index contributed by atoms with van der Waals surface area (Å²) in [7, 11) is 0. The van der Waals surface area contributed by atoms with Crippen LogP contribution in [-0.4, -0.2) is 22.1 Å². The van der Waals surface area contributed by atoms with Crippen LogP contribution in [0.5, 0.6) is 0 Å². The number of aromatic nitrogens is 2. The SMILES string of the molecule is N#Cc1cnc(NCc2ccccc2Cl)nc1NCC12CCC(N)(CC1)C2. The van der Waals surface area contributed by atoms with Crippen LogP contribution in [0.4, 0.5) is 11.8 Å². The van der Waals surface area contributed by atoms with E-state index in [1.54, 1.807) is 6.20 Å². The topological polar surface area (TPSA) is 99.6 Å². The molecule has 2 aliphatic carbocycles. The van der Waals surface area contributed by atoms with E-state index in [1.165, 1.54) is 0 Å². The molecule has 2 saturated carbocycles. The molecule has 0 saturated heterocycles. The van der Waals surface area contributed by atoms with Gasteiger partial charge in [-0.2, -0.15) is 10.2 Å². The fourth-order valence-electron chi connectivity index (χ4n) is 4.39. The van der Waals surface area contributed by atoms with E-state index in [-0.39, 0.29) is 11.0 Å². The molecular formula is C20H23ClN6. The van der Waals surface area contributed by atoms with Crippen LogP contribution in [0.1, 0.15) is 43.2 Å². The predicted octanol–water partition coefficient (Wildman–Crippen LogP) is 3.69. The molecule has 6 nitrogen and oxygen atoms in total. The fraction of sp³-hybridized carbons (Fsp3) is 0.450. The first-order chi connectivity index (χ1) is 13.0. The Morgan fingerprint density at radius 2 is 1.96 bits per heavy atom. The van der Waals surface area contributed by atoms with Crippen LogP contribution in [0.25, 0.3) is 0 Å². The normalized spacial score (nSPS) is 26.0. The van der Waals surface area contributed by atoms with Crippen molar-refractivity contribution in [1.29, 1.82) is 5.26 Å². The lowest BCUT2D eigenvalue weighted by atomic mass is 9.84. The number of benzene rings is 1. The van der Waals surface area contributed by atoms with E-state index in [1.807, 2.05) is 24.3 Å². The third kappa shape index (κ3) is 3.71. The molecule has 0 unspecified atom stereocenters. The predicted molar refractivity (Wildman–Crippen MR) is 106 cm³/mol. The van der Waals surface area contributed by atoms with Gasteiger partial charge in [0.25, 0.3) is 0 Å². The minimum atomic E-state index is 0.0209. The van der Waals surface area contributed by atoms with Gasteiger partial charge in [-0.1, -0.05) is 29.8 Å². The molecule has 2 bridgehead atoms. The van der Waals surface area contributed by atoms with Crippen molar-refractivity contribution >= 4 is 23.4 Å². The molecule has 2 aromatic rings. The highest BCUT2D eigenvalue weighted by Gasteiger charge is 2.51. The minimum Gasteiger partial charge on any atom is -0.368 e. The number of nitriles is 1. The van der Waals surface area contributed by atoms with Crippen molar-refractivity contribution in [3.8, 4) is 6.07 Å². The first-order valence-electron chi connectivity index (χ1n) is 9.28. The molecule has 0 radical (unpaired) electrons.